The van der Waals surface area contributed by atoms with Crippen molar-refractivity contribution in [2.24, 2.45) is 0 Å². The molecule has 0 saturated carbocycles. The van der Waals surface area contributed by atoms with Gasteiger partial charge in [0, 0.05) is 12.1 Å². The zero-order valence-corrected chi connectivity index (χ0v) is 14.6. The fraction of sp³-hybridized carbons (Fsp3) is 0.350. The molecule has 1 N–H and O–H groups in total. The number of anilines is 1. The fourth-order valence-electron chi connectivity index (χ4n) is 2.30. The van der Waals surface area contributed by atoms with Crippen molar-refractivity contribution in [2.45, 2.75) is 33.6 Å². The van der Waals surface area contributed by atoms with E-state index in [1.165, 1.54) is 11.1 Å². The van der Waals surface area contributed by atoms with Crippen LogP contribution in [0.4, 0.5) is 5.69 Å². The van der Waals surface area contributed by atoms with E-state index in [1.807, 2.05) is 56.3 Å². The third kappa shape index (κ3) is 5.30. The first kappa shape index (κ1) is 17.9. The quantitative estimate of drug-likeness (QED) is 0.726. The molecule has 0 aliphatic rings. The minimum atomic E-state index is -0.0000496. The number of carbonyl (C=O) groups excluding carboxylic acids is 1. The topological polar surface area (TPSA) is 47.6 Å². The Morgan fingerprint density at radius 1 is 1.00 bits per heavy atom. The van der Waals surface area contributed by atoms with Gasteiger partial charge in [0.15, 0.2) is 11.5 Å². The van der Waals surface area contributed by atoms with Gasteiger partial charge in [-0.1, -0.05) is 18.2 Å². The maximum absolute atomic E-state index is 12.0. The van der Waals surface area contributed by atoms with Crippen molar-refractivity contribution in [3.63, 3.8) is 0 Å². The van der Waals surface area contributed by atoms with Crippen LogP contribution in [0, 0.1) is 13.8 Å². The zero-order valence-electron chi connectivity index (χ0n) is 14.6. The number of hydrogen-bond donors (Lipinski definition) is 1. The molecule has 0 aromatic heterocycles. The smallest absolute Gasteiger partial charge is 0.224 e. The van der Waals surface area contributed by atoms with Gasteiger partial charge in [-0.3, -0.25) is 4.79 Å². The van der Waals surface area contributed by atoms with Gasteiger partial charge in [0.05, 0.1) is 13.2 Å². The summed E-state index contributed by atoms with van der Waals surface area (Å²) in [5, 5.41) is 2.92. The Balaban J connectivity index is 1.76. The van der Waals surface area contributed by atoms with Gasteiger partial charge in [0.25, 0.3) is 0 Å². The van der Waals surface area contributed by atoms with Crippen LogP contribution in [0.2, 0.25) is 0 Å². The van der Waals surface area contributed by atoms with E-state index < -0.39 is 0 Å². The lowest BCUT2D eigenvalue weighted by Crippen LogP contribution is -2.13. The molecule has 0 radical (unpaired) electrons. The molecule has 0 atom stereocenters. The minimum absolute atomic E-state index is 0.0000496. The summed E-state index contributed by atoms with van der Waals surface area (Å²) in [7, 11) is 0. The van der Waals surface area contributed by atoms with Gasteiger partial charge in [-0.05, 0) is 62.6 Å². The third-order valence-electron chi connectivity index (χ3n) is 3.75. The summed E-state index contributed by atoms with van der Waals surface area (Å²) >= 11 is 0. The van der Waals surface area contributed by atoms with Gasteiger partial charge in [-0.25, -0.2) is 0 Å². The Hall–Kier alpha value is -2.49. The SMILES string of the molecule is CCOc1ccccc1OCCCC(=O)Nc1ccc(C)c(C)c1. The van der Waals surface area contributed by atoms with Gasteiger partial charge >= 0.3 is 0 Å². The van der Waals surface area contributed by atoms with Crippen LogP contribution in [0.1, 0.15) is 30.9 Å². The second kappa shape index (κ2) is 8.96. The normalized spacial score (nSPS) is 10.3. The van der Waals surface area contributed by atoms with E-state index in [9.17, 15) is 4.79 Å². The third-order valence-corrected chi connectivity index (χ3v) is 3.75. The van der Waals surface area contributed by atoms with Crippen LogP contribution in [0.25, 0.3) is 0 Å². The number of para-hydroxylation sites is 2. The van der Waals surface area contributed by atoms with E-state index in [2.05, 4.69) is 12.2 Å². The molecule has 0 aliphatic heterocycles. The molecule has 0 unspecified atom stereocenters. The maximum atomic E-state index is 12.0. The van der Waals surface area contributed by atoms with E-state index in [0.717, 1.165) is 11.4 Å². The Morgan fingerprint density at radius 2 is 1.71 bits per heavy atom. The molecular formula is C20H25NO3. The highest BCUT2D eigenvalue weighted by molar-refractivity contribution is 5.90. The van der Waals surface area contributed by atoms with Gasteiger partial charge in [0.2, 0.25) is 5.91 Å². The number of ether oxygens (including phenoxy) is 2. The average Bonchev–Trinajstić information content (AvgIpc) is 2.57. The molecule has 2 aromatic rings. The van der Waals surface area contributed by atoms with Crippen LogP contribution in [-0.4, -0.2) is 19.1 Å². The molecule has 0 fully saturated rings. The Labute approximate surface area is 143 Å². The zero-order chi connectivity index (χ0) is 17.4. The van der Waals surface area contributed by atoms with Crippen LogP contribution in [0.15, 0.2) is 42.5 Å². The van der Waals surface area contributed by atoms with E-state index in [0.29, 0.717) is 31.8 Å². The Kier molecular flexibility index (Phi) is 6.67. The van der Waals surface area contributed by atoms with E-state index in [-0.39, 0.29) is 5.91 Å². The van der Waals surface area contributed by atoms with Gasteiger partial charge < -0.3 is 14.8 Å². The standard InChI is InChI=1S/C20H25NO3/c1-4-23-18-8-5-6-9-19(18)24-13-7-10-20(22)21-17-12-11-15(2)16(3)14-17/h5-6,8-9,11-12,14H,4,7,10,13H2,1-3H3,(H,21,22). The molecule has 0 bridgehead atoms. The minimum Gasteiger partial charge on any atom is -0.490 e. The van der Waals surface area contributed by atoms with Crippen LogP contribution in [0.3, 0.4) is 0 Å². The molecule has 128 valence electrons. The predicted molar refractivity (Wildman–Crippen MR) is 96.9 cm³/mol. The molecule has 24 heavy (non-hydrogen) atoms. The fourth-order valence-corrected chi connectivity index (χ4v) is 2.30. The number of benzene rings is 2. The first-order chi connectivity index (χ1) is 11.6. The average molecular weight is 327 g/mol. The molecule has 4 heteroatoms. The summed E-state index contributed by atoms with van der Waals surface area (Å²) < 4.78 is 11.2. The molecule has 0 aliphatic carbocycles. The van der Waals surface area contributed by atoms with Crippen molar-refractivity contribution in [1.82, 2.24) is 0 Å². The number of rotatable bonds is 8. The molecular weight excluding hydrogens is 302 g/mol. The van der Waals surface area contributed by atoms with Gasteiger partial charge in [-0.15, -0.1) is 0 Å². The number of nitrogens with one attached hydrogen (secondary N) is 1. The molecule has 0 heterocycles. The molecule has 2 rings (SSSR count). The summed E-state index contributed by atoms with van der Waals surface area (Å²) in [6, 6.07) is 13.5. The second-order valence-corrected chi connectivity index (χ2v) is 5.68. The molecule has 4 nitrogen and oxygen atoms in total. The highest BCUT2D eigenvalue weighted by Crippen LogP contribution is 2.26. The van der Waals surface area contributed by atoms with Gasteiger partial charge in [0.1, 0.15) is 0 Å². The number of amides is 1. The van der Waals surface area contributed by atoms with Crippen molar-refractivity contribution < 1.29 is 14.3 Å². The van der Waals surface area contributed by atoms with Crippen molar-refractivity contribution in [3.05, 3.63) is 53.6 Å². The van der Waals surface area contributed by atoms with Crippen LogP contribution < -0.4 is 14.8 Å². The number of hydrogen-bond acceptors (Lipinski definition) is 3. The maximum Gasteiger partial charge on any atom is 0.224 e. The lowest BCUT2D eigenvalue weighted by atomic mass is 10.1. The van der Waals surface area contributed by atoms with Crippen LogP contribution in [0.5, 0.6) is 11.5 Å². The van der Waals surface area contributed by atoms with Crippen LogP contribution in [-0.2, 0) is 4.79 Å². The lowest BCUT2D eigenvalue weighted by molar-refractivity contribution is -0.116. The highest BCUT2D eigenvalue weighted by Gasteiger charge is 2.06. The predicted octanol–water partition coefficient (Wildman–Crippen LogP) is 4.50. The molecule has 2 aromatic carbocycles. The number of carbonyl (C=O) groups is 1. The van der Waals surface area contributed by atoms with Gasteiger partial charge in [-0.2, -0.15) is 0 Å². The summed E-state index contributed by atoms with van der Waals surface area (Å²) in [5.74, 6) is 1.45. The van der Waals surface area contributed by atoms with Crippen molar-refractivity contribution >= 4 is 11.6 Å². The highest BCUT2D eigenvalue weighted by atomic mass is 16.5. The summed E-state index contributed by atoms with van der Waals surface area (Å²) in [4.78, 5) is 12.0. The molecule has 0 saturated heterocycles. The van der Waals surface area contributed by atoms with Crippen molar-refractivity contribution in [2.75, 3.05) is 18.5 Å². The molecule has 0 spiro atoms. The van der Waals surface area contributed by atoms with Crippen molar-refractivity contribution in [3.8, 4) is 11.5 Å². The number of aryl methyl sites for hydroxylation is 2. The first-order valence-corrected chi connectivity index (χ1v) is 8.32. The largest absolute Gasteiger partial charge is 0.490 e. The molecule has 1 amide bonds. The van der Waals surface area contributed by atoms with Crippen molar-refractivity contribution in [1.29, 1.82) is 0 Å². The van der Waals surface area contributed by atoms with E-state index in [1.54, 1.807) is 0 Å². The van der Waals surface area contributed by atoms with E-state index >= 15 is 0 Å². The first-order valence-electron chi connectivity index (χ1n) is 8.32. The Bertz CT molecular complexity index is 682. The monoisotopic (exact) mass is 327 g/mol. The Morgan fingerprint density at radius 3 is 2.38 bits per heavy atom. The lowest BCUT2D eigenvalue weighted by Gasteiger charge is -2.11. The summed E-state index contributed by atoms with van der Waals surface area (Å²) in [6.45, 7) is 7.10. The van der Waals surface area contributed by atoms with Crippen LogP contribution >= 0.6 is 0 Å². The summed E-state index contributed by atoms with van der Waals surface area (Å²) in [5.41, 5.74) is 3.23. The summed E-state index contributed by atoms with van der Waals surface area (Å²) in [6.07, 6.45) is 1.07. The van der Waals surface area contributed by atoms with E-state index in [4.69, 9.17) is 9.47 Å². The second-order valence-electron chi connectivity index (χ2n) is 5.68.